The highest BCUT2D eigenvalue weighted by atomic mass is 16.2. The lowest BCUT2D eigenvalue weighted by molar-refractivity contribution is -0.124. The molecule has 34 heavy (non-hydrogen) atoms. The molecular weight excluding hydrogens is 442 g/mol. The van der Waals surface area contributed by atoms with Gasteiger partial charge in [-0.2, -0.15) is 0 Å². The molecular formula is C21H23N9O4. The number of imidazole rings is 2. The maximum absolute atomic E-state index is 12.9. The van der Waals surface area contributed by atoms with Crippen LogP contribution in [0.1, 0.15) is 57.3 Å². The number of amides is 4. The summed E-state index contributed by atoms with van der Waals surface area (Å²) in [6.45, 7) is 0.674. The topological polar surface area (TPSA) is 187 Å². The summed E-state index contributed by atoms with van der Waals surface area (Å²) < 4.78 is 0. The lowest BCUT2D eigenvalue weighted by atomic mass is 10.1. The highest BCUT2D eigenvalue weighted by Crippen LogP contribution is 2.13. The average Bonchev–Trinajstić information content (AvgIpc) is 3.57. The molecule has 2 bridgehead atoms. The fourth-order valence-corrected chi connectivity index (χ4v) is 3.39. The first kappa shape index (κ1) is 22.6. The molecule has 3 aromatic heterocycles. The van der Waals surface area contributed by atoms with Crippen molar-refractivity contribution in [3.05, 3.63) is 66.0 Å². The number of hydrogen-bond acceptors (Lipinski definition) is 7. The van der Waals surface area contributed by atoms with E-state index in [1.807, 2.05) is 0 Å². The van der Waals surface area contributed by atoms with Gasteiger partial charge in [0.25, 0.3) is 11.8 Å². The molecule has 4 amide bonds. The van der Waals surface area contributed by atoms with Crippen LogP contribution in [0.4, 0.5) is 0 Å². The molecule has 0 radical (unpaired) electrons. The van der Waals surface area contributed by atoms with Gasteiger partial charge in [-0.05, 0) is 25.0 Å². The molecule has 4 heterocycles. The summed E-state index contributed by atoms with van der Waals surface area (Å²) in [6.07, 6.45) is 6.85. The largest absolute Gasteiger partial charge is 0.354 e. The molecule has 2 atom stereocenters. The molecule has 13 nitrogen and oxygen atoms in total. The molecule has 0 saturated heterocycles. The predicted molar refractivity (Wildman–Crippen MR) is 117 cm³/mol. The van der Waals surface area contributed by atoms with E-state index < -0.39 is 35.7 Å². The van der Waals surface area contributed by atoms with Gasteiger partial charge in [-0.25, -0.2) is 15.0 Å². The Hall–Kier alpha value is -4.55. The number of rotatable bonds is 2. The van der Waals surface area contributed by atoms with Crippen LogP contribution in [0.15, 0.2) is 43.2 Å². The maximum atomic E-state index is 12.9. The number of nitrogens with zero attached hydrogens (tertiary/aromatic N) is 3. The lowest BCUT2D eigenvalue weighted by Gasteiger charge is -2.17. The van der Waals surface area contributed by atoms with Crippen LogP contribution in [0.2, 0.25) is 0 Å². The van der Waals surface area contributed by atoms with Crippen molar-refractivity contribution in [2.45, 2.75) is 24.9 Å². The predicted octanol–water partition coefficient (Wildman–Crippen LogP) is -0.504. The van der Waals surface area contributed by atoms with E-state index in [9.17, 15) is 19.2 Å². The molecule has 1 aliphatic heterocycles. The first-order chi connectivity index (χ1) is 16.5. The van der Waals surface area contributed by atoms with E-state index in [1.165, 1.54) is 43.2 Å². The molecule has 176 valence electrons. The number of nitrogens with one attached hydrogen (secondary N) is 6. The zero-order valence-corrected chi connectivity index (χ0v) is 18.0. The first-order valence-corrected chi connectivity index (χ1v) is 10.6. The number of aromatic amines is 2. The Kier molecular flexibility index (Phi) is 6.91. The molecule has 0 aromatic carbocycles. The van der Waals surface area contributed by atoms with Gasteiger partial charge in [-0.3, -0.25) is 19.2 Å². The molecule has 1 aliphatic rings. The second-order valence-electron chi connectivity index (χ2n) is 7.52. The zero-order valence-electron chi connectivity index (χ0n) is 18.0. The summed E-state index contributed by atoms with van der Waals surface area (Å²) in [4.78, 5) is 68.9. The van der Waals surface area contributed by atoms with Crippen molar-refractivity contribution in [2.75, 3.05) is 13.1 Å². The molecule has 0 fully saturated rings. The smallest absolute Gasteiger partial charge is 0.270 e. The van der Waals surface area contributed by atoms with Crippen molar-refractivity contribution in [3.8, 4) is 0 Å². The van der Waals surface area contributed by atoms with Crippen LogP contribution in [-0.2, 0) is 9.59 Å². The molecule has 0 saturated carbocycles. The van der Waals surface area contributed by atoms with Crippen molar-refractivity contribution in [2.24, 2.45) is 0 Å². The van der Waals surface area contributed by atoms with Gasteiger partial charge < -0.3 is 31.2 Å². The van der Waals surface area contributed by atoms with Gasteiger partial charge in [0.2, 0.25) is 11.8 Å². The Labute approximate surface area is 193 Å². The second kappa shape index (κ2) is 10.4. The third-order valence-corrected chi connectivity index (χ3v) is 5.15. The average molecular weight is 465 g/mol. The Morgan fingerprint density at radius 3 is 1.59 bits per heavy atom. The quantitative estimate of drug-likeness (QED) is 0.294. The van der Waals surface area contributed by atoms with E-state index in [-0.39, 0.29) is 11.4 Å². The van der Waals surface area contributed by atoms with E-state index in [0.29, 0.717) is 37.3 Å². The summed E-state index contributed by atoms with van der Waals surface area (Å²) >= 11 is 0. The van der Waals surface area contributed by atoms with E-state index in [0.717, 1.165) is 0 Å². The van der Waals surface area contributed by atoms with Crippen LogP contribution in [0, 0.1) is 0 Å². The second-order valence-corrected chi connectivity index (χ2v) is 7.52. The molecule has 3 aromatic rings. The number of H-pyrrole nitrogens is 2. The summed E-state index contributed by atoms with van der Waals surface area (Å²) in [7, 11) is 0. The van der Waals surface area contributed by atoms with Crippen LogP contribution in [-0.4, -0.2) is 61.6 Å². The molecule has 0 aliphatic carbocycles. The molecule has 4 rings (SSSR count). The first-order valence-electron chi connectivity index (χ1n) is 10.6. The maximum Gasteiger partial charge on any atom is 0.270 e. The summed E-state index contributed by atoms with van der Waals surface area (Å²) in [5.41, 5.74) is 0.647. The standard InChI is InChI=1S/C21H23N9O4/c31-18-12-4-3-5-13(28-12)19(32)30-17(15-9-23-11-27-15)21(34)25-7-2-1-6-24-20(33)16(29-18)14-8-22-10-26-14/h3-5,8-11,16-17H,1-2,6-7H2,(H,22,26)(H,23,27)(H,24,33)(H,25,34)(H,29,31)(H,30,32)/t16-,17?/m0/s1. The number of carbonyl (C=O) groups is 4. The molecule has 13 heteroatoms. The third-order valence-electron chi connectivity index (χ3n) is 5.15. The van der Waals surface area contributed by atoms with Crippen LogP contribution in [0.5, 0.6) is 0 Å². The number of fused-ring (bicyclic) bond motifs is 2. The third kappa shape index (κ3) is 5.26. The van der Waals surface area contributed by atoms with Gasteiger partial charge in [0, 0.05) is 13.1 Å². The van der Waals surface area contributed by atoms with Crippen molar-refractivity contribution >= 4 is 23.6 Å². The van der Waals surface area contributed by atoms with E-state index in [4.69, 9.17) is 0 Å². The number of carbonyl (C=O) groups excluding carboxylic acids is 4. The van der Waals surface area contributed by atoms with Crippen LogP contribution in [0.3, 0.4) is 0 Å². The van der Waals surface area contributed by atoms with Gasteiger partial charge in [-0.15, -0.1) is 0 Å². The van der Waals surface area contributed by atoms with Crippen LogP contribution < -0.4 is 21.3 Å². The minimum atomic E-state index is -1.03. The Bertz CT molecular complexity index is 1070. The monoisotopic (exact) mass is 465 g/mol. The van der Waals surface area contributed by atoms with E-state index in [2.05, 4.69) is 46.2 Å². The van der Waals surface area contributed by atoms with Crippen LogP contribution in [0.25, 0.3) is 0 Å². The summed E-state index contributed by atoms with van der Waals surface area (Å²) in [5, 5.41) is 10.8. The minimum absolute atomic E-state index is 0.0724. The minimum Gasteiger partial charge on any atom is -0.354 e. The molecule has 1 unspecified atom stereocenters. The van der Waals surface area contributed by atoms with Gasteiger partial charge in [0.05, 0.1) is 36.4 Å². The molecule has 0 spiro atoms. The SMILES string of the molecule is O=C1NC(c2cnc[nH]2)C(=O)NCCCCNC(=O)[C@H](c2cnc[nH]2)NC(=O)c2cccc1n2. The van der Waals surface area contributed by atoms with Crippen molar-refractivity contribution in [1.29, 1.82) is 0 Å². The fraction of sp³-hybridized carbons (Fsp3) is 0.286. The highest BCUT2D eigenvalue weighted by Gasteiger charge is 2.27. The van der Waals surface area contributed by atoms with Gasteiger partial charge in [-0.1, -0.05) is 6.07 Å². The normalized spacial score (nSPS) is 20.5. The Balaban J connectivity index is 1.62. The Morgan fingerprint density at radius 1 is 0.706 bits per heavy atom. The number of hydrogen-bond donors (Lipinski definition) is 6. The van der Waals surface area contributed by atoms with Gasteiger partial charge >= 0.3 is 0 Å². The summed E-state index contributed by atoms with van der Waals surface area (Å²) in [5.74, 6) is -2.17. The van der Waals surface area contributed by atoms with Gasteiger partial charge in [0.1, 0.15) is 11.4 Å². The van der Waals surface area contributed by atoms with E-state index >= 15 is 0 Å². The number of pyridine rings is 1. The van der Waals surface area contributed by atoms with Crippen LogP contribution >= 0.6 is 0 Å². The lowest BCUT2D eigenvalue weighted by Crippen LogP contribution is -2.41. The Morgan fingerprint density at radius 2 is 1.18 bits per heavy atom. The van der Waals surface area contributed by atoms with Crippen molar-refractivity contribution in [3.63, 3.8) is 0 Å². The van der Waals surface area contributed by atoms with Crippen molar-refractivity contribution < 1.29 is 19.2 Å². The number of aromatic nitrogens is 5. The molecule has 6 N–H and O–H groups in total. The van der Waals surface area contributed by atoms with Gasteiger partial charge in [0.15, 0.2) is 12.1 Å². The fourth-order valence-electron chi connectivity index (χ4n) is 3.39. The summed E-state index contributed by atoms with van der Waals surface area (Å²) in [6, 6.07) is 2.26. The van der Waals surface area contributed by atoms with E-state index in [1.54, 1.807) is 0 Å². The van der Waals surface area contributed by atoms with Crippen molar-refractivity contribution in [1.82, 2.24) is 46.2 Å². The zero-order chi connectivity index (χ0) is 23.9. The highest BCUT2D eigenvalue weighted by molar-refractivity contribution is 5.99.